The van der Waals surface area contributed by atoms with Crippen molar-refractivity contribution >= 4 is 41.0 Å². The third-order valence-corrected chi connectivity index (χ3v) is 12.1. The molecule has 0 unspecified atom stereocenters. The number of aliphatic hydroxyl groups is 1. The number of halogens is 1. The predicted molar refractivity (Wildman–Crippen MR) is 237 cm³/mol. The smallest absolute Gasteiger partial charge is 0.253 e. The van der Waals surface area contributed by atoms with Gasteiger partial charge in [-0.3, -0.25) is 19.2 Å². The zero-order valence-electron chi connectivity index (χ0n) is 37.1. The van der Waals surface area contributed by atoms with E-state index in [0.29, 0.717) is 52.9 Å². The van der Waals surface area contributed by atoms with Crippen LogP contribution in [0, 0.1) is 38.9 Å². The molecule has 5 rings (SSSR count). The largest absolute Gasteiger partial charge is 0.489 e. The zero-order chi connectivity index (χ0) is 46.1. The van der Waals surface area contributed by atoms with Crippen LogP contribution in [0.1, 0.15) is 101 Å². The lowest BCUT2D eigenvalue weighted by atomic mass is 9.49. The van der Waals surface area contributed by atoms with Crippen LogP contribution in [-0.4, -0.2) is 95.3 Å². The molecule has 4 amide bonds. The van der Waals surface area contributed by atoms with Crippen molar-refractivity contribution in [3.8, 4) is 17.9 Å². The molecule has 0 radical (unpaired) electrons. The summed E-state index contributed by atoms with van der Waals surface area (Å²) in [5, 5.41) is 41.1. The number of β-amino-alcohol motifs (C(OH)–C–C–N with tert-alkyl or cyclic N) is 1. The fraction of sp³-hybridized carbons (Fsp3) is 0.511. The highest BCUT2D eigenvalue weighted by atomic mass is 35.5. The monoisotopic (exact) mass is 882 g/mol. The number of benzene rings is 2. The molecule has 16 heteroatoms. The number of likely N-dealkylation sites (tertiary alicyclic amines) is 1. The van der Waals surface area contributed by atoms with E-state index in [-0.39, 0.29) is 44.2 Å². The van der Waals surface area contributed by atoms with Crippen molar-refractivity contribution in [2.24, 2.45) is 16.2 Å². The standard InChI is InChI=1S/C47H59ClN8O7/c1-45(2,3)39(42(61)56-27-33(57)21-36(56)41(60)53-25-30-13-11-29(23-49)12-14-30)54-38(58)28-62-20-10-8-9-19-51-37-18-16-32(26-52-37)40(59)55-43-46(4,5)44(47(43,6)7)63-34-17-15-31(24-50)35(48)22-34/h11-18,22,26,33,36,39,43-44,57H,8-10,19-21,25,27-28H2,1-7H3,(H,51,52)(H,53,60)(H,54,58)(H,55,59)/t33-,36+,39-,43-,44-/m1/s1. The molecule has 2 aliphatic rings. The van der Waals surface area contributed by atoms with Crippen molar-refractivity contribution in [3.05, 3.63) is 88.1 Å². The number of nitrogens with zero attached hydrogens (tertiary/aromatic N) is 4. The fourth-order valence-corrected chi connectivity index (χ4v) is 8.87. The number of aromatic nitrogens is 1. The number of nitriles is 2. The quantitative estimate of drug-likeness (QED) is 0.101. The summed E-state index contributed by atoms with van der Waals surface area (Å²) in [5.74, 6) is -0.355. The molecular weight excluding hydrogens is 824 g/mol. The Morgan fingerprint density at radius 1 is 0.984 bits per heavy atom. The number of rotatable bonds is 18. The minimum Gasteiger partial charge on any atom is -0.489 e. The average molecular weight is 883 g/mol. The topological polar surface area (TPSA) is 219 Å². The summed E-state index contributed by atoms with van der Waals surface area (Å²) < 4.78 is 12.0. The van der Waals surface area contributed by atoms with Gasteiger partial charge in [0, 0.05) is 61.8 Å². The maximum atomic E-state index is 13.8. The highest BCUT2D eigenvalue weighted by Crippen LogP contribution is 2.55. The van der Waals surface area contributed by atoms with E-state index in [1.165, 1.54) is 4.90 Å². The second-order valence-corrected chi connectivity index (χ2v) is 19.0. The van der Waals surface area contributed by atoms with E-state index >= 15 is 0 Å². The molecule has 2 fully saturated rings. The van der Waals surface area contributed by atoms with Crippen LogP contribution in [0.4, 0.5) is 5.82 Å². The molecule has 1 aliphatic carbocycles. The van der Waals surface area contributed by atoms with Crippen LogP contribution in [0.15, 0.2) is 60.8 Å². The van der Waals surface area contributed by atoms with Crippen molar-refractivity contribution in [2.45, 2.75) is 111 Å². The molecule has 0 bridgehead atoms. The molecule has 1 saturated carbocycles. The average Bonchev–Trinajstić information content (AvgIpc) is 3.65. The molecule has 3 aromatic rings. The Hall–Kier alpha value is -5.74. The van der Waals surface area contributed by atoms with Crippen molar-refractivity contribution in [1.29, 1.82) is 10.5 Å². The summed E-state index contributed by atoms with van der Waals surface area (Å²) in [7, 11) is 0. The first-order chi connectivity index (χ1) is 29.8. The Kier molecular flexibility index (Phi) is 15.8. The van der Waals surface area contributed by atoms with E-state index in [1.807, 2.05) is 48.5 Å². The second kappa shape index (κ2) is 20.6. The molecule has 0 spiro atoms. The lowest BCUT2D eigenvalue weighted by Crippen LogP contribution is -2.74. The predicted octanol–water partition coefficient (Wildman–Crippen LogP) is 5.50. The molecule has 63 heavy (non-hydrogen) atoms. The molecule has 5 N–H and O–H groups in total. The highest BCUT2D eigenvalue weighted by molar-refractivity contribution is 6.31. The van der Waals surface area contributed by atoms with Crippen LogP contribution >= 0.6 is 11.6 Å². The minimum atomic E-state index is -0.964. The molecule has 3 atom stereocenters. The number of carbonyl (C=O) groups is 4. The maximum absolute atomic E-state index is 13.8. The van der Waals surface area contributed by atoms with Gasteiger partial charge in [0.1, 0.15) is 42.4 Å². The first-order valence-corrected chi connectivity index (χ1v) is 21.6. The number of ether oxygens (including phenoxy) is 2. The normalized spacial score (nSPS) is 20.3. The summed E-state index contributed by atoms with van der Waals surface area (Å²) in [6.07, 6.45) is 2.85. The Morgan fingerprint density at radius 2 is 1.70 bits per heavy atom. The van der Waals surface area contributed by atoms with Crippen molar-refractivity contribution in [3.63, 3.8) is 0 Å². The molecule has 1 aromatic heterocycles. The van der Waals surface area contributed by atoms with Crippen molar-refractivity contribution in [2.75, 3.05) is 31.6 Å². The number of unbranched alkanes of at least 4 members (excludes halogenated alkanes) is 2. The van der Waals surface area contributed by atoms with E-state index in [0.717, 1.165) is 18.4 Å². The number of amides is 4. The zero-order valence-corrected chi connectivity index (χ0v) is 37.8. The molecule has 2 aromatic carbocycles. The molecule has 15 nitrogen and oxygen atoms in total. The molecule has 1 aliphatic heterocycles. The lowest BCUT2D eigenvalue weighted by molar-refractivity contribution is -0.164. The van der Waals surface area contributed by atoms with Crippen LogP contribution in [-0.2, 0) is 25.7 Å². The van der Waals surface area contributed by atoms with E-state index < -0.39 is 52.2 Å². The van der Waals surface area contributed by atoms with Crippen LogP contribution in [0.5, 0.6) is 5.75 Å². The minimum absolute atomic E-state index is 0.0317. The number of hydrogen-bond acceptors (Lipinski definition) is 11. The molecule has 336 valence electrons. The summed E-state index contributed by atoms with van der Waals surface area (Å²) in [5.41, 5.74) is 0.608. The summed E-state index contributed by atoms with van der Waals surface area (Å²) in [6.45, 7) is 14.6. The van der Waals surface area contributed by atoms with Gasteiger partial charge in [0.2, 0.25) is 17.7 Å². The number of anilines is 1. The Balaban J connectivity index is 0.991. The van der Waals surface area contributed by atoms with Gasteiger partial charge in [-0.2, -0.15) is 10.5 Å². The van der Waals surface area contributed by atoms with E-state index in [4.69, 9.17) is 26.3 Å². The van der Waals surface area contributed by atoms with Crippen LogP contribution in [0.2, 0.25) is 5.02 Å². The Morgan fingerprint density at radius 3 is 2.32 bits per heavy atom. The number of nitrogens with one attached hydrogen (secondary N) is 4. The van der Waals surface area contributed by atoms with Crippen molar-refractivity contribution < 1.29 is 33.8 Å². The van der Waals surface area contributed by atoms with Crippen LogP contribution < -0.4 is 26.0 Å². The second-order valence-electron chi connectivity index (χ2n) is 18.6. The summed E-state index contributed by atoms with van der Waals surface area (Å²) in [6, 6.07) is 17.3. The first kappa shape index (κ1) is 48.3. The summed E-state index contributed by atoms with van der Waals surface area (Å²) in [4.78, 5) is 59.1. The van der Waals surface area contributed by atoms with E-state index in [1.54, 1.807) is 60.8 Å². The van der Waals surface area contributed by atoms with Gasteiger partial charge in [0.15, 0.2) is 0 Å². The Bertz CT molecular complexity index is 2180. The first-order valence-electron chi connectivity index (χ1n) is 21.3. The fourth-order valence-electron chi connectivity index (χ4n) is 8.66. The van der Waals surface area contributed by atoms with Gasteiger partial charge >= 0.3 is 0 Å². The number of pyridine rings is 1. The van der Waals surface area contributed by atoms with E-state index in [9.17, 15) is 29.5 Å². The Labute approximate surface area is 374 Å². The summed E-state index contributed by atoms with van der Waals surface area (Å²) >= 11 is 6.22. The van der Waals surface area contributed by atoms with Gasteiger partial charge in [-0.05, 0) is 66.6 Å². The van der Waals surface area contributed by atoms with Gasteiger partial charge < -0.3 is 40.7 Å². The van der Waals surface area contributed by atoms with Gasteiger partial charge in [-0.15, -0.1) is 0 Å². The van der Waals surface area contributed by atoms with Gasteiger partial charge in [0.05, 0.1) is 33.9 Å². The third-order valence-electron chi connectivity index (χ3n) is 11.8. The van der Waals surface area contributed by atoms with E-state index in [2.05, 4.69) is 38.4 Å². The number of carbonyl (C=O) groups excluding carboxylic acids is 4. The van der Waals surface area contributed by atoms with Crippen LogP contribution in [0.25, 0.3) is 0 Å². The van der Waals surface area contributed by atoms with Gasteiger partial charge in [-0.1, -0.05) is 72.2 Å². The SMILES string of the molecule is CC(C)(C)[C@H](NC(=O)COCCCCCNc1ccc(C(=O)N[C@H]2C(C)(C)[C@H](Oc3ccc(C#N)c(Cl)c3)C2(C)C)cn1)C(=O)N1C[C@H](O)C[C@H]1C(=O)NCc1ccc(C#N)cc1. The molecule has 1 saturated heterocycles. The lowest BCUT2D eigenvalue weighted by Gasteiger charge is -2.63. The van der Waals surface area contributed by atoms with Gasteiger partial charge in [0.25, 0.3) is 5.91 Å². The maximum Gasteiger partial charge on any atom is 0.253 e. The van der Waals surface area contributed by atoms with Gasteiger partial charge in [-0.25, -0.2) is 4.98 Å². The number of hydrogen-bond donors (Lipinski definition) is 5. The highest BCUT2D eigenvalue weighted by Gasteiger charge is 2.64. The van der Waals surface area contributed by atoms with Crippen LogP contribution in [0.3, 0.4) is 0 Å². The van der Waals surface area contributed by atoms with Crippen molar-refractivity contribution in [1.82, 2.24) is 25.8 Å². The number of aliphatic hydroxyl groups excluding tert-OH is 1. The molecule has 2 heterocycles. The molecular formula is C47H59ClN8O7. The third kappa shape index (κ3) is 12.0.